The second kappa shape index (κ2) is 6.85. The molecule has 1 saturated carbocycles. The fourth-order valence-electron chi connectivity index (χ4n) is 3.31. The number of rotatable bonds is 4. The first-order valence-corrected chi connectivity index (χ1v) is 7.20. The molecular formula is C14H24ClN3O3. The van der Waals surface area contributed by atoms with Crippen LogP contribution >= 0.6 is 12.4 Å². The number of nitrogens with zero attached hydrogens (tertiary/aromatic N) is 2. The van der Waals surface area contributed by atoms with Crippen molar-refractivity contribution >= 4 is 30.0 Å². The standard InChI is InChI=1S/C14H23N3O3.ClH/c1-8-10(14(20)17(13(8)19)16(2)3)12(18)11(15)9-6-4-5-7-9;/h8-11H,4-7,15H2,1-3H3;1H/t8-,10+,11-;/m0./s1. The van der Waals surface area contributed by atoms with Crippen LogP contribution in [-0.2, 0) is 14.4 Å². The Morgan fingerprint density at radius 1 is 1.24 bits per heavy atom. The van der Waals surface area contributed by atoms with Crippen molar-refractivity contribution in [3.63, 3.8) is 0 Å². The van der Waals surface area contributed by atoms with Crippen molar-refractivity contribution < 1.29 is 14.4 Å². The van der Waals surface area contributed by atoms with E-state index in [1.165, 1.54) is 5.01 Å². The summed E-state index contributed by atoms with van der Waals surface area (Å²) in [7, 11) is 3.23. The molecule has 21 heavy (non-hydrogen) atoms. The van der Waals surface area contributed by atoms with Gasteiger partial charge in [-0.05, 0) is 18.8 Å². The lowest BCUT2D eigenvalue weighted by Gasteiger charge is -2.23. The van der Waals surface area contributed by atoms with Gasteiger partial charge in [-0.2, -0.15) is 0 Å². The minimum atomic E-state index is -0.916. The monoisotopic (exact) mass is 317 g/mol. The first-order valence-electron chi connectivity index (χ1n) is 7.20. The lowest BCUT2D eigenvalue weighted by Crippen LogP contribution is -2.46. The van der Waals surface area contributed by atoms with Gasteiger partial charge < -0.3 is 5.73 Å². The molecule has 2 rings (SSSR count). The van der Waals surface area contributed by atoms with Crippen LogP contribution in [0, 0.1) is 17.8 Å². The molecule has 1 saturated heterocycles. The van der Waals surface area contributed by atoms with E-state index in [1.807, 2.05) is 0 Å². The number of hydrazine groups is 1. The molecule has 0 aromatic carbocycles. The van der Waals surface area contributed by atoms with E-state index in [2.05, 4.69) is 0 Å². The molecule has 2 N–H and O–H groups in total. The molecule has 1 aliphatic carbocycles. The zero-order valence-electron chi connectivity index (χ0n) is 12.7. The van der Waals surface area contributed by atoms with Gasteiger partial charge in [-0.25, -0.2) is 10.0 Å². The third-order valence-electron chi connectivity index (χ3n) is 4.52. The molecule has 0 bridgehead atoms. The van der Waals surface area contributed by atoms with Gasteiger partial charge in [-0.15, -0.1) is 12.4 Å². The Hall–Kier alpha value is -0.980. The fourth-order valence-corrected chi connectivity index (χ4v) is 3.31. The van der Waals surface area contributed by atoms with E-state index < -0.39 is 23.8 Å². The van der Waals surface area contributed by atoms with Gasteiger partial charge in [0.2, 0.25) is 5.91 Å². The Morgan fingerprint density at radius 2 is 1.76 bits per heavy atom. The number of nitrogens with two attached hydrogens (primary N) is 1. The second-order valence-electron chi connectivity index (χ2n) is 6.07. The van der Waals surface area contributed by atoms with Crippen molar-refractivity contribution in [1.82, 2.24) is 10.0 Å². The topological polar surface area (TPSA) is 83.7 Å². The smallest absolute Gasteiger partial charge is 0.255 e. The third kappa shape index (κ3) is 3.12. The van der Waals surface area contributed by atoms with Crippen molar-refractivity contribution in [3.8, 4) is 0 Å². The molecule has 0 aromatic rings. The van der Waals surface area contributed by atoms with Crippen molar-refractivity contribution in [3.05, 3.63) is 0 Å². The number of carbonyl (C=O) groups is 3. The van der Waals surface area contributed by atoms with Crippen molar-refractivity contribution in [2.75, 3.05) is 14.1 Å². The Balaban J connectivity index is 0.00000220. The van der Waals surface area contributed by atoms with E-state index in [-0.39, 0.29) is 30.0 Å². The lowest BCUT2D eigenvalue weighted by molar-refractivity contribution is -0.154. The van der Waals surface area contributed by atoms with Crippen LogP contribution < -0.4 is 5.73 Å². The zero-order chi connectivity index (χ0) is 15.0. The minimum Gasteiger partial charge on any atom is -0.321 e. The van der Waals surface area contributed by atoms with Gasteiger partial charge in [-0.3, -0.25) is 14.4 Å². The molecule has 1 aliphatic heterocycles. The molecular weight excluding hydrogens is 294 g/mol. The quantitative estimate of drug-likeness (QED) is 0.606. The summed E-state index contributed by atoms with van der Waals surface area (Å²) in [5.41, 5.74) is 6.05. The first-order chi connectivity index (χ1) is 9.36. The van der Waals surface area contributed by atoms with E-state index in [4.69, 9.17) is 5.73 Å². The van der Waals surface area contributed by atoms with Crippen molar-refractivity contribution in [2.24, 2.45) is 23.5 Å². The van der Waals surface area contributed by atoms with Crippen molar-refractivity contribution in [1.29, 1.82) is 0 Å². The maximum atomic E-state index is 12.5. The van der Waals surface area contributed by atoms with Crippen LogP contribution in [0.5, 0.6) is 0 Å². The predicted molar refractivity (Wildman–Crippen MR) is 80.4 cm³/mol. The van der Waals surface area contributed by atoms with Gasteiger partial charge in [0.05, 0.1) is 12.0 Å². The van der Waals surface area contributed by atoms with E-state index >= 15 is 0 Å². The number of halogens is 1. The van der Waals surface area contributed by atoms with Crippen LogP contribution in [-0.4, -0.2) is 47.8 Å². The van der Waals surface area contributed by atoms with Crippen LogP contribution in [0.15, 0.2) is 0 Å². The second-order valence-corrected chi connectivity index (χ2v) is 6.07. The zero-order valence-corrected chi connectivity index (χ0v) is 13.6. The van der Waals surface area contributed by atoms with E-state index in [9.17, 15) is 14.4 Å². The highest BCUT2D eigenvalue weighted by molar-refractivity contribution is 6.16. The van der Waals surface area contributed by atoms with Crippen LogP contribution in [0.3, 0.4) is 0 Å². The lowest BCUT2D eigenvalue weighted by atomic mass is 9.84. The summed E-state index contributed by atoms with van der Waals surface area (Å²) in [6.07, 6.45) is 4.05. The molecule has 7 heteroatoms. The summed E-state index contributed by atoms with van der Waals surface area (Å²) in [5.74, 6) is -2.41. The SMILES string of the molecule is C[C@@H]1C(=O)N(N(C)C)C(=O)[C@H]1C(=O)[C@@H](N)C1CCCC1.Cl. The average Bonchev–Trinajstić information content (AvgIpc) is 2.97. The van der Waals surface area contributed by atoms with Gasteiger partial charge in [0, 0.05) is 14.1 Å². The van der Waals surface area contributed by atoms with Crippen LogP contribution in [0.2, 0.25) is 0 Å². The molecule has 3 atom stereocenters. The number of Topliss-reactive ketones (excluding diaryl/α,β-unsaturated/α-hetero) is 1. The summed E-state index contributed by atoms with van der Waals surface area (Å²) in [6, 6.07) is -0.621. The number of hydrogen-bond donors (Lipinski definition) is 1. The highest BCUT2D eigenvalue weighted by atomic mass is 35.5. The molecule has 0 unspecified atom stereocenters. The molecule has 2 amide bonds. The summed E-state index contributed by atoms with van der Waals surface area (Å²) in [5, 5.41) is 2.48. The third-order valence-corrected chi connectivity index (χ3v) is 4.52. The molecule has 0 aromatic heterocycles. The Kier molecular flexibility index (Phi) is 5.90. The van der Waals surface area contributed by atoms with Crippen molar-refractivity contribution in [2.45, 2.75) is 38.6 Å². The highest BCUT2D eigenvalue weighted by Crippen LogP contribution is 2.33. The van der Waals surface area contributed by atoms with E-state index in [0.717, 1.165) is 30.7 Å². The average molecular weight is 318 g/mol. The molecule has 120 valence electrons. The van der Waals surface area contributed by atoms with Gasteiger partial charge in [0.15, 0.2) is 5.78 Å². The van der Waals surface area contributed by atoms with Gasteiger partial charge >= 0.3 is 0 Å². The number of imide groups is 1. The number of carbonyl (C=O) groups excluding carboxylic acids is 3. The summed E-state index contributed by atoms with van der Waals surface area (Å²) in [6.45, 7) is 1.63. The van der Waals surface area contributed by atoms with Crippen LogP contribution in [0.1, 0.15) is 32.6 Å². The normalized spacial score (nSPS) is 28.1. The molecule has 6 nitrogen and oxygen atoms in total. The molecule has 2 fully saturated rings. The van der Waals surface area contributed by atoms with Gasteiger partial charge in [-0.1, -0.05) is 19.8 Å². The van der Waals surface area contributed by atoms with Crippen LogP contribution in [0.25, 0.3) is 0 Å². The largest absolute Gasteiger partial charge is 0.321 e. The van der Waals surface area contributed by atoms with E-state index in [0.29, 0.717) is 0 Å². The highest BCUT2D eigenvalue weighted by Gasteiger charge is 2.51. The Bertz CT molecular complexity index is 435. The molecule has 0 radical (unpaired) electrons. The summed E-state index contributed by atoms with van der Waals surface area (Å²) < 4.78 is 0. The maximum absolute atomic E-state index is 12.5. The fraction of sp³-hybridized carbons (Fsp3) is 0.786. The number of ketones is 1. The van der Waals surface area contributed by atoms with Gasteiger partial charge in [0.1, 0.15) is 5.92 Å². The minimum absolute atomic E-state index is 0. The molecule has 1 heterocycles. The molecule has 2 aliphatic rings. The predicted octanol–water partition coefficient (Wildman–Crippen LogP) is 0.593. The summed E-state index contributed by atoms with van der Waals surface area (Å²) >= 11 is 0. The number of hydrogen-bond acceptors (Lipinski definition) is 5. The van der Waals surface area contributed by atoms with E-state index in [1.54, 1.807) is 21.0 Å². The molecule has 0 spiro atoms. The maximum Gasteiger partial charge on any atom is 0.255 e. The first kappa shape index (κ1) is 18.1. The van der Waals surface area contributed by atoms with Crippen LogP contribution in [0.4, 0.5) is 0 Å². The summed E-state index contributed by atoms with van der Waals surface area (Å²) in [4.78, 5) is 36.9. The Morgan fingerprint density at radius 3 is 2.19 bits per heavy atom. The Labute approximate surface area is 131 Å². The van der Waals surface area contributed by atoms with Gasteiger partial charge in [0.25, 0.3) is 5.91 Å². The number of amides is 2.